The van der Waals surface area contributed by atoms with Gasteiger partial charge in [0.2, 0.25) is 5.91 Å². The Morgan fingerprint density at radius 3 is 2.54 bits per heavy atom. The Balaban J connectivity index is 1.75. The van der Waals surface area contributed by atoms with Gasteiger partial charge in [0.25, 0.3) is 5.91 Å². The Kier molecular flexibility index (Phi) is 4.95. The molecule has 2 aromatic rings. The summed E-state index contributed by atoms with van der Waals surface area (Å²) in [5.74, 6) is -0.865. The maximum atomic E-state index is 12.7. The van der Waals surface area contributed by atoms with Crippen molar-refractivity contribution < 1.29 is 14.4 Å². The van der Waals surface area contributed by atoms with Crippen LogP contribution in [0.5, 0.6) is 0 Å². The van der Waals surface area contributed by atoms with E-state index in [9.17, 15) is 14.4 Å². The summed E-state index contributed by atoms with van der Waals surface area (Å²) < 4.78 is 0. The summed E-state index contributed by atoms with van der Waals surface area (Å²) in [6.07, 6.45) is 0. The van der Waals surface area contributed by atoms with Crippen LogP contribution in [0.25, 0.3) is 0 Å². The molecule has 0 spiro atoms. The number of carbonyl (C=O) groups is 3. The number of rotatable bonds is 4. The lowest BCUT2D eigenvalue weighted by atomic mass is 10.2. The Labute approximate surface area is 156 Å². The number of imide groups is 1. The van der Waals surface area contributed by atoms with E-state index in [1.54, 1.807) is 49.4 Å². The van der Waals surface area contributed by atoms with E-state index >= 15 is 0 Å². The average Bonchev–Trinajstić information content (AvgIpc) is 2.82. The van der Waals surface area contributed by atoms with E-state index < -0.39 is 23.9 Å². The van der Waals surface area contributed by atoms with Gasteiger partial charge in [0.1, 0.15) is 12.6 Å². The van der Waals surface area contributed by atoms with Crippen LogP contribution >= 0.6 is 11.6 Å². The predicted octanol–water partition coefficient (Wildman–Crippen LogP) is 3.44. The van der Waals surface area contributed by atoms with E-state index in [0.717, 1.165) is 10.5 Å². The molecule has 1 aliphatic heterocycles. The summed E-state index contributed by atoms with van der Waals surface area (Å²) in [4.78, 5) is 39.8. The van der Waals surface area contributed by atoms with Crippen molar-refractivity contribution in [1.29, 1.82) is 0 Å². The molecule has 0 unspecified atom stereocenters. The second-order valence-electron chi connectivity index (χ2n) is 6.10. The van der Waals surface area contributed by atoms with E-state index in [1.807, 2.05) is 13.0 Å². The molecule has 7 heteroatoms. The molecule has 4 amide bonds. The number of benzene rings is 2. The lowest BCUT2D eigenvalue weighted by Gasteiger charge is -2.19. The van der Waals surface area contributed by atoms with Crippen LogP contribution in [0.2, 0.25) is 5.02 Å². The number of para-hydroxylation sites is 1. The van der Waals surface area contributed by atoms with Crippen molar-refractivity contribution in [3.05, 3.63) is 59.1 Å². The van der Waals surface area contributed by atoms with Crippen molar-refractivity contribution >= 4 is 40.8 Å². The van der Waals surface area contributed by atoms with Crippen molar-refractivity contribution in [2.24, 2.45) is 0 Å². The van der Waals surface area contributed by atoms with Gasteiger partial charge in [-0.3, -0.25) is 19.4 Å². The van der Waals surface area contributed by atoms with Crippen molar-refractivity contribution in [2.45, 2.75) is 19.9 Å². The van der Waals surface area contributed by atoms with Crippen LogP contribution in [-0.4, -0.2) is 35.3 Å². The third-order valence-electron chi connectivity index (χ3n) is 4.26. The molecule has 1 saturated heterocycles. The molecule has 1 aliphatic rings. The highest BCUT2D eigenvalue weighted by Gasteiger charge is 2.43. The summed E-state index contributed by atoms with van der Waals surface area (Å²) in [7, 11) is 0. The van der Waals surface area contributed by atoms with Gasteiger partial charge in [0.15, 0.2) is 0 Å². The van der Waals surface area contributed by atoms with Gasteiger partial charge >= 0.3 is 6.03 Å². The number of halogens is 1. The molecule has 1 heterocycles. The monoisotopic (exact) mass is 371 g/mol. The summed E-state index contributed by atoms with van der Waals surface area (Å²) in [5, 5.41) is 3.19. The first-order valence-electron chi connectivity index (χ1n) is 8.14. The highest BCUT2D eigenvalue weighted by Crippen LogP contribution is 2.25. The fraction of sp³-hybridized carbons (Fsp3) is 0.211. The van der Waals surface area contributed by atoms with Gasteiger partial charge in [-0.2, -0.15) is 0 Å². The molecule has 2 aromatic carbocycles. The zero-order chi connectivity index (χ0) is 18.8. The zero-order valence-electron chi connectivity index (χ0n) is 14.4. The molecule has 0 aromatic heterocycles. The van der Waals surface area contributed by atoms with Crippen LogP contribution in [0.1, 0.15) is 12.5 Å². The summed E-state index contributed by atoms with van der Waals surface area (Å²) in [5.41, 5.74) is 2.00. The van der Waals surface area contributed by atoms with Crippen molar-refractivity contribution in [3.63, 3.8) is 0 Å². The second kappa shape index (κ2) is 7.17. The smallest absolute Gasteiger partial charge is 0.324 e. The maximum absolute atomic E-state index is 12.7. The van der Waals surface area contributed by atoms with Crippen molar-refractivity contribution in [2.75, 3.05) is 16.8 Å². The lowest BCUT2D eigenvalue weighted by molar-refractivity contribution is -0.130. The molecule has 134 valence electrons. The van der Waals surface area contributed by atoms with Crippen LogP contribution < -0.4 is 10.2 Å². The maximum Gasteiger partial charge on any atom is 0.332 e. The topological polar surface area (TPSA) is 69.7 Å². The number of carbonyl (C=O) groups excluding carboxylic acids is 3. The molecule has 0 saturated carbocycles. The minimum atomic E-state index is -0.661. The van der Waals surface area contributed by atoms with Gasteiger partial charge in [0.05, 0.1) is 0 Å². The molecule has 0 aliphatic carbocycles. The molecule has 0 radical (unpaired) electrons. The fourth-order valence-corrected chi connectivity index (χ4v) is 3.03. The number of hydrogen-bond donors (Lipinski definition) is 1. The minimum absolute atomic E-state index is 0.350. The first kappa shape index (κ1) is 17.9. The molecule has 26 heavy (non-hydrogen) atoms. The summed E-state index contributed by atoms with van der Waals surface area (Å²) in [6.45, 7) is 3.13. The van der Waals surface area contributed by atoms with Gasteiger partial charge < -0.3 is 5.32 Å². The molecular weight excluding hydrogens is 354 g/mol. The lowest BCUT2D eigenvalue weighted by Crippen LogP contribution is -2.39. The van der Waals surface area contributed by atoms with Gasteiger partial charge in [-0.05, 0) is 43.7 Å². The molecule has 1 fully saturated rings. The number of amides is 4. The number of aryl methyl sites for hydroxylation is 1. The SMILES string of the molecule is Cc1ccc(Cl)cc1NC(=O)CN1C(=O)[C@@H](C)N(c2ccccc2)C1=O. The van der Waals surface area contributed by atoms with Crippen LogP contribution in [0.3, 0.4) is 0 Å². The van der Waals surface area contributed by atoms with Crippen molar-refractivity contribution in [3.8, 4) is 0 Å². The van der Waals surface area contributed by atoms with Crippen LogP contribution in [-0.2, 0) is 9.59 Å². The minimum Gasteiger partial charge on any atom is -0.324 e. The molecule has 1 N–H and O–H groups in total. The first-order chi connectivity index (χ1) is 12.4. The van der Waals surface area contributed by atoms with Crippen LogP contribution in [0, 0.1) is 6.92 Å². The number of hydrogen-bond acceptors (Lipinski definition) is 3. The molecule has 0 bridgehead atoms. The molecule has 6 nitrogen and oxygen atoms in total. The third kappa shape index (κ3) is 3.41. The first-order valence-corrected chi connectivity index (χ1v) is 8.52. The number of nitrogens with zero attached hydrogens (tertiary/aromatic N) is 2. The summed E-state index contributed by atoms with van der Waals surface area (Å²) in [6, 6.07) is 12.9. The molecule has 1 atom stereocenters. The zero-order valence-corrected chi connectivity index (χ0v) is 15.2. The average molecular weight is 372 g/mol. The Morgan fingerprint density at radius 2 is 1.85 bits per heavy atom. The standard InChI is InChI=1S/C19H18ClN3O3/c1-12-8-9-14(20)10-16(12)21-17(24)11-22-18(25)13(2)23(19(22)26)15-6-4-3-5-7-15/h3-10,13H,11H2,1-2H3,(H,21,24)/t13-/m1/s1. The van der Waals surface area contributed by atoms with Gasteiger partial charge in [-0.15, -0.1) is 0 Å². The molecular formula is C19H18ClN3O3. The fourth-order valence-electron chi connectivity index (χ4n) is 2.86. The largest absolute Gasteiger partial charge is 0.332 e. The van der Waals surface area contributed by atoms with Crippen LogP contribution in [0.4, 0.5) is 16.2 Å². The van der Waals surface area contributed by atoms with Gasteiger partial charge in [-0.25, -0.2) is 4.79 Å². The van der Waals surface area contributed by atoms with E-state index in [0.29, 0.717) is 16.4 Å². The Bertz CT molecular complexity index is 870. The second-order valence-corrected chi connectivity index (χ2v) is 6.53. The van der Waals surface area contributed by atoms with Gasteiger partial charge in [0, 0.05) is 16.4 Å². The van der Waals surface area contributed by atoms with E-state index in [2.05, 4.69) is 5.32 Å². The van der Waals surface area contributed by atoms with Gasteiger partial charge in [-0.1, -0.05) is 35.9 Å². The van der Waals surface area contributed by atoms with E-state index in [1.165, 1.54) is 4.90 Å². The number of urea groups is 1. The Morgan fingerprint density at radius 1 is 1.15 bits per heavy atom. The number of anilines is 2. The highest BCUT2D eigenvalue weighted by molar-refractivity contribution is 6.31. The Hall–Kier alpha value is -2.86. The highest BCUT2D eigenvalue weighted by atomic mass is 35.5. The quantitative estimate of drug-likeness (QED) is 0.837. The van der Waals surface area contributed by atoms with E-state index in [4.69, 9.17) is 11.6 Å². The third-order valence-corrected chi connectivity index (χ3v) is 4.49. The normalized spacial score (nSPS) is 17.0. The predicted molar refractivity (Wildman–Crippen MR) is 100 cm³/mol. The molecule has 3 rings (SSSR count). The van der Waals surface area contributed by atoms with E-state index in [-0.39, 0.29) is 6.54 Å². The number of nitrogens with one attached hydrogen (secondary N) is 1. The van der Waals surface area contributed by atoms with Crippen LogP contribution in [0.15, 0.2) is 48.5 Å². The van der Waals surface area contributed by atoms with Crippen molar-refractivity contribution in [1.82, 2.24) is 4.90 Å². The summed E-state index contributed by atoms with van der Waals surface area (Å²) >= 11 is 5.95.